The Kier molecular flexibility index (Phi) is 14.1. The molecule has 2 saturated carbocycles. The third kappa shape index (κ3) is 8.60. The van der Waals surface area contributed by atoms with Crippen LogP contribution in [0.1, 0.15) is 188 Å². The fourth-order valence-corrected chi connectivity index (χ4v) is 12.6. The van der Waals surface area contributed by atoms with Crippen molar-refractivity contribution in [2.24, 2.45) is 0 Å². The molecular weight excluding hydrogens is 1050 g/mol. The quantitative estimate of drug-likeness (QED) is 0.112. The van der Waals surface area contributed by atoms with Gasteiger partial charge < -0.3 is 18.8 Å². The molecule has 0 bridgehead atoms. The van der Waals surface area contributed by atoms with Crippen molar-refractivity contribution in [1.82, 2.24) is 28.7 Å². The largest absolute Gasteiger partial charge is 2.00 e. The first-order valence-corrected chi connectivity index (χ1v) is 26.6. The summed E-state index contributed by atoms with van der Waals surface area (Å²) in [4.78, 5) is 19.8. The summed E-state index contributed by atoms with van der Waals surface area (Å²) < 4.78 is 4.80. The molecule has 71 heavy (non-hydrogen) atoms. The Morgan fingerprint density at radius 3 is 1.15 bits per heavy atom. The van der Waals surface area contributed by atoms with E-state index in [4.69, 9.17) is 19.9 Å². The topological polar surface area (TPSA) is 60.4 Å². The molecule has 6 aromatic heterocycles. The van der Waals surface area contributed by atoms with E-state index < -0.39 is 0 Å². The number of hydrogen-bond acceptors (Lipinski definition) is 4. The van der Waals surface area contributed by atoms with Gasteiger partial charge in [-0.3, -0.25) is 9.97 Å². The average Bonchev–Trinajstić information content (AvgIpc) is 4.05. The smallest absolute Gasteiger partial charge is 0.351 e. The van der Waals surface area contributed by atoms with Crippen LogP contribution in [0.2, 0.25) is 0 Å². The van der Waals surface area contributed by atoms with Crippen LogP contribution in [0, 0.1) is 12.1 Å². The molecule has 12 rings (SSSR count). The number of aromatic nitrogens is 6. The zero-order valence-corrected chi connectivity index (χ0v) is 45.2. The summed E-state index contributed by atoms with van der Waals surface area (Å²) in [6.07, 6.45) is 20.9. The molecule has 0 saturated heterocycles. The minimum atomic E-state index is 0. The van der Waals surface area contributed by atoms with Gasteiger partial charge in [0.2, 0.25) is 0 Å². The zero-order chi connectivity index (χ0) is 48.2. The van der Waals surface area contributed by atoms with Gasteiger partial charge in [-0.15, -0.1) is 24.3 Å². The Labute approximate surface area is 435 Å². The van der Waals surface area contributed by atoms with E-state index in [2.05, 4.69) is 162 Å². The number of imidazole rings is 2. The van der Waals surface area contributed by atoms with Crippen LogP contribution < -0.4 is 0 Å². The van der Waals surface area contributed by atoms with Gasteiger partial charge >= 0.3 is 21.1 Å². The predicted molar refractivity (Wildman–Crippen MR) is 293 cm³/mol. The van der Waals surface area contributed by atoms with E-state index in [0.29, 0.717) is 35.5 Å². The van der Waals surface area contributed by atoms with Crippen LogP contribution in [-0.2, 0) is 21.1 Å². The van der Waals surface area contributed by atoms with Gasteiger partial charge in [0.25, 0.3) is 0 Å². The standard InChI is InChI=1S/2C32H34N3.Pt/c2*1-20(2)23-13-8-14-24(21(3)4)29(23)28-19-34-32-26-16-10-18-33-31(26)30-25(22-11-6-5-7-12-22)15-9-17-27(30)35(28)32;/h2*8-10,13-15,17-22H,5-7,11-12H2,1-4H3;/q2*-1;+2. The average molecular weight is 1120 g/mol. The zero-order valence-electron chi connectivity index (χ0n) is 42.9. The van der Waals surface area contributed by atoms with Gasteiger partial charge in [-0.1, -0.05) is 178 Å². The van der Waals surface area contributed by atoms with E-state index in [1.807, 2.05) is 24.5 Å². The Morgan fingerprint density at radius 2 is 0.803 bits per heavy atom. The maximum atomic E-state index is 5.01. The van der Waals surface area contributed by atoms with Gasteiger partial charge in [-0.2, -0.15) is 0 Å². The van der Waals surface area contributed by atoms with Crippen molar-refractivity contribution >= 4 is 54.9 Å². The molecule has 0 atom stereocenters. The van der Waals surface area contributed by atoms with Gasteiger partial charge in [0.15, 0.2) is 0 Å². The van der Waals surface area contributed by atoms with E-state index in [0.717, 1.165) is 33.1 Å². The molecule has 2 aliphatic rings. The maximum Gasteiger partial charge on any atom is 2.00 e. The first-order valence-electron chi connectivity index (χ1n) is 26.6. The van der Waals surface area contributed by atoms with Crippen molar-refractivity contribution in [1.29, 1.82) is 0 Å². The molecule has 0 aliphatic heterocycles. The molecular formula is C64H68N6Pt. The summed E-state index contributed by atoms with van der Waals surface area (Å²) in [5, 5.41) is 4.60. The number of pyridine rings is 4. The summed E-state index contributed by atoms with van der Waals surface area (Å²) in [6, 6.07) is 38.1. The second kappa shape index (κ2) is 20.4. The molecule has 0 amide bonds. The van der Waals surface area contributed by atoms with Crippen LogP contribution in [0.3, 0.4) is 0 Å². The second-order valence-corrected chi connectivity index (χ2v) is 21.6. The molecule has 6 heterocycles. The minimum absolute atomic E-state index is 0. The predicted octanol–water partition coefficient (Wildman–Crippen LogP) is 17.6. The minimum Gasteiger partial charge on any atom is -0.351 e. The van der Waals surface area contributed by atoms with E-state index >= 15 is 0 Å². The van der Waals surface area contributed by atoms with E-state index in [1.165, 1.54) is 142 Å². The number of fused-ring (bicyclic) bond motifs is 12. The monoisotopic (exact) mass is 1120 g/mol. The molecule has 0 N–H and O–H groups in total. The van der Waals surface area contributed by atoms with E-state index in [9.17, 15) is 0 Å². The fourth-order valence-electron chi connectivity index (χ4n) is 12.6. The van der Waals surface area contributed by atoms with Crippen LogP contribution in [0.4, 0.5) is 0 Å². The van der Waals surface area contributed by atoms with Gasteiger partial charge in [0, 0.05) is 34.6 Å². The summed E-state index contributed by atoms with van der Waals surface area (Å²) in [6.45, 7) is 18.3. The van der Waals surface area contributed by atoms with Crippen molar-refractivity contribution in [3.05, 3.63) is 155 Å². The SMILES string of the molecule is CC(C)c1cccc(C(C)C)c1-c1cnc2c3[c-]ccnc3c3c(C4CCCCC4)cccc3n12.CC(C)c1cccc(C(C)C)c1-c1cnc2c3[c-]ccnc3c3c(C4CCCCC4)cccc3n12.[Pt+2]. The first kappa shape index (κ1) is 48.9. The van der Waals surface area contributed by atoms with Crippen LogP contribution in [-0.4, -0.2) is 28.7 Å². The van der Waals surface area contributed by atoms with Crippen molar-refractivity contribution in [3.63, 3.8) is 0 Å². The van der Waals surface area contributed by atoms with Crippen molar-refractivity contribution in [2.45, 2.75) is 155 Å². The van der Waals surface area contributed by atoms with Gasteiger partial charge in [-0.05, 0) is 129 Å². The van der Waals surface area contributed by atoms with Crippen LogP contribution in [0.5, 0.6) is 0 Å². The van der Waals surface area contributed by atoms with Crippen molar-refractivity contribution in [3.8, 4) is 22.5 Å². The third-order valence-electron chi connectivity index (χ3n) is 15.9. The normalized spacial score (nSPS) is 15.0. The Morgan fingerprint density at radius 1 is 0.451 bits per heavy atom. The molecule has 2 fully saturated rings. The molecule has 6 nitrogen and oxygen atoms in total. The van der Waals surface area contributed by atoms with Crippen molar-refractivity contribution in [2.75, 3.05) is 0 Å². The molecule has 364 valence electrons. The summed E-state index contributed by atoms with van der Waals surface area (Å²) in [5.74, 6) is 2.88. The first-order chi connectivity index (χ1) is 34.1. The number of hydrogen-bond donors (Lipinski definition) is 0. The third-order valence-corrected chi connectivity index (χ3v) is 15.9. The maximum absolute atomic E-state index is 5.01. The van der Waals surface area contributed by atoms with Crippen LogP contribution in [0.15, 0.2) is 110 Å². The van der Waals surface area contributed by atoms with Crippen molar-refractivity contribution < 1.29 is 21.1 Å². The molecule has 2 aliphatic carbocycles. The number of rotatable bonds is 8. The second-order valence-electron chi connectivity index (χ2n) is 21.6. The summed E-state index contributed by atoms with van der Waals surface area (Å²) in [7, 11) is 0. The number of benzene rings is 4. The Bertz CT molecular complexity index is 3260. The van der Waals surface area contributed by atoms with Gasteiger partial charge in [0.05, 0.1) is 22.7 Å². The molecule has 10 aromatic rings. The Balaban J connectivity index is 0.000000162. The Hall–Kier alpha value is -5.71. The molecule has 0 spiro atoms. The molecule has 4 aromatic carbocycles. The number of nitrogens with zero attached hydrogens (tertiary/aromatic N) is 6. The molecule has 0 unspecified atom stereocenters. The van der Waals surface area contributed by atoms with E-state index in [-0.39, 0.29) is 21.1 Å². The van der Waals surface area contributed by atoms with Gasteiger partial charge in [-0.25, -0.2) is 0 Å². The van der Waals surface area contributed by atoms with Crippen LogP contribution in [0.25, 0.3) is 77.4 Å². The summed E-state index contributed by atoms with van der Waals surface area (Å²) in [5.41, 5.74) is 19.8. The van der Waals surface area contributed by atoms with Crippen LogP contribution >= 0.6 is 0 Å². The fraction of sp³-hybridized carbons (Fsp3) is 0.375. The summed E-state index contributed by atoms with van der Waals surface area (Å²) >= 11 is 0. The van der Waals surface area contributed by atoms with Gasteiger partial charge in [0.1, 0.15) is 0 Å². The van der Waals surface area contributed by atoms with E-state index in [1.54, 1.807) is 0 Å². The molecule has 0 radical (unpaired) electrons. The molecule has 7 heteroatoms.